The van der Waals surface area contributed by atoms with Crippen molar-refractivity contribution < 1.29 is 43.2 Å². The number of nitrogens with zero attached hydrogens (tertiary/aromatic N) is 4. The van der Waals surface area contributed by atoms with E-state index in [1.165, 1.54) is 0 Å². The molecule has 0 rings (SSSR count). The molecular weight excluding hydrogens is 1100 g/mol. The number of nitrogens with one attached hydrogen (secondary N) is 8. The fourth-order valence-electron chi connectivity index (χ4n) is 8.68. The van der Waals surface area contributed by atoms with E-state index in [9.17, 15) is 43.2 Å². The highest BCUT2D eigenvalue weighted by molar-refractivity contribution is 5.98. The molecule has 0 heterocycles. The van der Waals surface area contributed by atoms with E-state index in [0.29, 0.717) is 12.8 Å². The van der Waals surface area contributed by atoms with Crippen molar-refractivity contribution in [2.24, 2.45) is 107 Å². The molecule has 0 saturated heterocycles. The summed E-state index contributed by atoms with van der Waals surface area (Å²) in [6.07, 6.45) is 1.95. The summed E-state index contributed by atoms with van der Waals surface area (Å²) in [5.41, 5.74) is 55.6. The molecule has 31 nitrogen and oxygen atoms in total. The molecule has 0 aliphatic rings. The van der Waals surface area contributed by atoms with Crippen LogP contribution in [0, 0.1) is 29.6 Å². The molecule has 0 aliphatic carbocycles. The first-order valence-electron chi connectivity index (χ1n) is 29.3. The molecule has 0 radical (unpaired) electrons. The van der Waals surface area contributed by atoms with Crippen molar-refractivity contribution >= 4 is 77.0 Å². The van der Waals surface area contributed by atoms with Gasteiger partial charge in [0, 0.05) is 26.2 Å². The van der Waals surface area contributed by atoms with E-state index in [1.807, 2.05) is 69.2 Å². The van der Waals surface area contributed by atoms with E-state index in [2.05, 4.69) is 62.5 Å². The Kier molecular flexibility index (Phi) is 37.6. The predicted octanol–water partition coefficient (Wildman–Crippen LogP) is -3.88. The van der Waals surface area contributed by atoms with Gasteiger partial charge in [-0.1, -0.05) is 69.2 Å². The lowest BCUT2D eigenvalue weighted by molar-refractivity contribution is -0.136. The summed E-state index contributed by atoms with van der Waals surface area (Å²) in [7, 11) is 0. The normalized spacial score (nSPS) is 14.4. The van der Waals surface area contributed by atoms with Gasteiger partial charge >= 0.3 is 0 Å². The molecule has 0 unspecified atom stereocenters. The van der Waals surface area contributed by atoms with E-state index < -0.39 is 108 Å². The van der Waals surface area contributed by atoms with Crippen LogP contribution in [0.2, 0.25) is 0 Å². The number of rotatable bonds is 43. The molecule has 486 valence electrons. The average Bonchev–Trinajstić information content (AvgIpc) is 3.54. The zero-order chi connectivity index (χ0) is 65.1. The summed E-state index contributed by atoms with van der Waals surface area (Å²) in [5.74, 6) is -7.97. The van der Waals surface area contributed by atoms with Crippen LogP contribution in [0.5, 0.6) is 0 Å². The third kappa shape index (κ3) is 35.9. The standard InChI is InChI=1S/C54H106N22O9/c1-28(2)23-37(72-43(78)33(55)15-11-19-65-51(57)58)47(82)70-35(17-13-21-67-53(61)62)45(80)74-40(26-31(7)8)49(84)76-41(27-32(9)10)50(85)75-39(25-30(5)6)48(83)71-36(18-14-22-68-54(63)64)44(79)73-38(24-29(3)4)46(81)69-34(42(56)77)16-12-20-66-52(59)60/h28-41H,11-27,55H2,1-10H3,(H2,56,77)(H,69,81)(H,70,82)(H,71,83)(H,72,78)(H,73,79)(H,74,80)(H,75,85)(H,76,84)(H4,57,58,65)(H4,59,60,66)(H4,61,62,67)(H4,63,64,68)/t33-,34-,35-,36-,37-,38-,39-,40-,41-/m0/s1. The lowest BCUT2D eigenvalue weighted by Gasteiger charge is -2.29. The Morgan fingerprint density at radius 1 is 0.282 bits per heavy atom. The second-order valence-corrected chi connectivity index (χ2v) is 23.4. The number of hydrogen-bond donors (Lipinski definition) is 18. The highest BCUT2D eigenvalue weighted by Crippen LogP contribution is 2.15. The summed E-state index contributed by atoms with van der Waals surface area (Å²) in [4.78, 5) is 141. The fraction of sp³-hybridized carbons (Fsp3) is 0.759. The molecule has 9 atom stereocenters. The van der Waals surface area contributed by atoms with Crippen LogP contribution < -0.4 is 99.9 Å². The van der Waals surface area contributed by atoms with Crippen molar-refractivity contribution in [3.05, 3.63) is 0 Å². The third-order valence-electron chi connectivity index (χ3n) is 12.8. The molecule has 31 heteroatoms. The lowest BCUT2D eigenvalue weighted by Crippen LogP contribution is -2.60. The summed E-state index contributed by atoms with van der Waals surface area (Å²) >= 11 is 0. The molecule has 85 heavy (non-hydrogen) atoms. The number of carbonyl (C=O) groups excluding carboxylic acids is 9. The van der Waals surface area contributed by atoms with E-state index in [4.69, 9.17) is 57.3 Å². The van der Waals surface area contributed by atoms with Gasteiger partial charge in [-0.3, -0.25) is 63.1 Å². The Labute approximate surface area is 501 Å². The largest absolute Gasteiger partial charge is 0.370 e. The second-order valence-electron chi connectivity index (χ2n) is 23.4. The molecular formula is C54H106N22O9. The Balaban J connectivity index is 6.96. The van der Waals surface area contributed by atoms with Crippen LogP contribution in [0.15, 0.2) is 20.0 Å². The van der Waals surface area contributed by atoms with Gasteiger partial charge in [-0.2, -0.15) is 0 Å². The van der Waals surface area contributed by atoms with Gasteiger partial charge in [-0.25, -0.2) is 0 Å². The van der Waals surface area contributed by atoms with Crippen molar-refractivity contribution in [3.63, 3.8) is 0 Å². The minimum atomic E-state index is -1.30. The van der Waals surface area contributed by atoms with E-state index >= 15 is 0 Å². The number of guanidine groups is 4. The van der Waals surface area contributed by atoms with E-state index in [1.54, 1.807) is 0 Å². The summed E-state index contributed by atoms with van der Waals surface area (Å²) in [6, 6.07) is -10.7. The van der Waals surface area contributed by atoms with Crippen molar-refractivity contribution in [3.8, 4) is 0 Å². The van der Waals surface area contributed by atoms with Crippen LogP contribution >= 0.6 is 0 Å². The molecule has 0 aromatic rings. The first-order chi connectivity index (χ1) is 39.6. The molecule has 0 aromatic carbocycles. The zero-order valence-corrected chi connectivity index (χ0v) is 51.8. The average molecular weight is 1210 g/mol. The summed E-state index contributed by atoms with van der Waals surface area (Å²) in [5, 5.41) is 21.9. The van der Waals surface area contributed by atoms with E-state index in [-0.39, 0.29) is 150 Å². The fourth-order valence-corrected chi connectivity index (χ4v) is 8.68. The lowest BCUT2D eigenvalue weighted by atomic mass is 9.98. The summed E-state index contributed by atoms with van der Waals surface area (Å²) in [6.45, 7) is 18.9. The number of amides is 9. The van der Waals surface area contributed by atoms with Crippen LogP contribution in [0.4, 0.5) is 0 Å². The smallest absolute Gasteiger partial charge is 0.243 e. The maximum Gasteiger partial charge on any atom is 0.243 e. The third-order valence-corrected chi connectivity index (χ3v) is 12.8. The molecule has 0 aliphatic heterocycles. The first-order valence-corrected chi connectivity index (χ1v) is 29.3. The minimum absolute atomic E-state index is 0.00236. The SMILES string of the molecule is CC(C)C[C@H](NC(=O)[C@H](CCCN=C(N)N)NC(=O)[C@H](CC(C)C)NC(=O)[C@H](CC(C)C)NC(=O)[C@H](CC(C)C)NC(=O)[C@H](CCCN=C(N)N)NC(=O)[C@H](CC(C)C)NC(=O)[C@@H](N)CCCN=C(N)N)C(=O)N[C@@H](CCCN=C(N)N)C(N)=O. The maximum atomic E-state index is 14.5. The zero-order valence-electron chi connectivity index (χ0n) is 51.8. The van der Waals surface area contributed by atoms with Crippen molar-refractivity contribution in [1.82, 2.24) is 42.5 Å². The molecule has 0 spiro atoms. The molecule has 0 aromatic heterocycles. The maximum absolute atomic E-state index is 14.5. The van der Waals surface area contributed by atoms with Gasteiger partial charge in [-0.15, -0.1) is 0 Å². The van der Waals surface area contributed by atoms with Gasteiger partial charge in [0.2, 0.25) is 53.2 Å². The number of aliphatic imine (C=N–C) groups is 4. The Morgan fingerprint density at radius 3 is 0.694 bits per heavy atom. The molecule has 9 amide bonds. The quantitative estimate of drug-likeness (QED) is 0.0158. The van der Waals surface area contributed by atoms with Gasteiger partial charge in [0.1, 0.15) is 48.3 Å². The van der Waals surface area contributed by atoms with Crippen LogP contribution in [-0.2, 0) is 43.2 Å². The van der Waals surface area contributed by atoms with Crippen molar-refractivity contribution in [1.29, 1.82) is 0 Å². The van der Waals surface area contributed by atoms with Gasteiger partial charge in [0.05, 0.1) is 6.04 Å². The topological polar surface area (TPSA) is 560 Å². The minimum Gasteiger partial charge on any atom is -0.370 e. The molecule has 0 bridgehead atoms. The molecule has 0 saturated carbocycles. The monoisotopic (exact) mass is 1210 g/mol. The second kappa shape index (κ2) is 41.3. The predicted molar refractivity (Wildman–Crippen MR) is 330 cm³/mol. The van der Waals surface area contributed by atoms with Gasteiger partial charge in [0.25, 0.3) is 0 Å². The number of hydrogen-bond acceptors (Lipinski definition) is 14. The van der Waals surface area contributed by atoms with Gasteiger partial charge < -0.3 is 99.9 Å². The summed E-state index contributed by atoms with van der Waals surface area (Å²) < 4.78 is 0. The Morgan fingerprint density at radius 2 is 0.471 bits per heavy atom. The van der Waals surface area contributed by atoms with Crippen LogP contribution in [0.1, 0.15) is 153 Å². The van der Waals surface area contributed by atoms with Gasteiger partial charge in [0.15, 0.2) is 23.8 Å². The van der Waals surface area contributed by atoms with Crippen molar-refractivity contribution in [2.45, 2.75) is 207 Å². The highest BCUT2D eigenvalue weighted by atomic mass is 16.2. The Hall–Kier alpha value is -7.73. The van der Waals surface area contributed by atoms with Gasteiger partial charge in [-0.05, 0) is 113 Å². The Bertz CT molecular complexity index is 2240. The van der Waals surface area contributed by atoms with Crippen molar-refractivity contribution in [2.75, 3.05) is 26.2 Å². The first kappa shape index (κ1) is 77.3. The highest BCUT2D eigenvalue weighted by Gasteiger charge is 2.36. The van der Waals surface area contributed by atoms with Crippen LogP contribution in [-0.4, -0.2) is 158 Å². The van der Waals surface area contributed by atoms with Crippen LogP contribution in [0.3, 0.4) is 0 Å². The molecule has 28 N–H and O–H groups in total. The number of carbonyl (C=O) groups is 9. The molecule has 0 fully saturated rings. The number of primary amides is 1. The van der Waals surface area contributed by atoms with E-state index in [0.717, 1.165) is 0 Å². The number of nitrogens with two attached hydrogens (primary N) is 10. The van der Waals surface area contributed by atoms with Crippen LogP contribution in [0.25, 0.3) is 0 Å².